The second kappa shape index (κ2) is 5.67. The van der Waals surface area contributed by atoms with Crippen molar-refractivity contribution in [3.8, 4) is 0 Å². The van der Waals surface area contributed by atoms with E-state index in [1.165, 1.54) is 0 Å². The summed E-state index contributed by atoms with van der Waals surface area (Å²) in [5, 5.41) is 2.89. The lowest BCUT2D eigenvalue weighted by molar-refractivity contribution is -0.132. The summed E-state index contributed by atoms with van der Waals surface area (Å²) in [5.74, 6) is -0.0396. The van der Waals surface area contributed by atoms with Crippen LogP contribution in [0.1, 0.15) is 19.8 Å². The van der Waals surface area contributed by atoms with Crippen molar-refractivity contribution in [3.05, 3.63) is 30.3 Å². The first-order valence-electron chi connectivity index (χ1n) is 6.28. The van der Waals surface area contributed by atoms with Gasteiger partial charge in [-0.3, -0.25) is 9.59 Å². The van der Waals surface area contributed by atoms with E-state index in [9.17, 15) is 9.59 Å². The van der Waals surface area contributed by atoms with Crippen LogP contribution in [0.2, 0.25) is 0 Å². The van der Waals surface area contributed by atoms with Crippen LogP contribution in [0.15, 0.2) is 30.3 Å². The molecule has 1 aliphatic rings. The maximum Gasteiger partial charge on any atom is 0.229 e. The Hall–Kier alpha value is -1.84. The van der Waals surface area contributed by atoms with E-state index in [0.717, 1.165) is 25.1 Å². The van der Waals surface area contributed by atoms with Gasteiger partial charge in [-0.1, -0.05) is 18.2 Å². The lowest BCUT2D eigenvalue weighted by Gasteiger charge is -2.31. The summed E-state index contributed by atoms with van der Waals surface area (Å²) >= 11 is 0. The molecule has 2 amide bonds. The zero-order valence-corrected chi connectivity index (χ0v) is 10.6. The van der Waals surface area contributed by atoms with Gasteiger partial charge in [0.2, 0.25) is 11.8 Å². The fourth-order valence-electron chi connectivity index (χ4n) is 2.24. The Labute approximate surface area is 107 Å². The van der Waals surface area contributed by atoms with E-state index < -0.39 is 0 Å². The summed E-state index contributed by atoms with van der Waals surface area (Å²) in [6, 6.07) is 9.41. The number of benzene rings is 1. The molecule has 0 radical (unpaired) electrons. The summed E-state index contributed by atoms with van der Waals surface area (Å²) in [4.78, 5) is 25.2. The highest BCUT2D eigenvalue weighted by Gasteiger charge is 2.26. The van der Waals surface area contributed by atoms with Crippen LogP contribution in [0.3, 0.4) is 0 Å². The molecule has 2 rings (SSSR count). The Morgan fingerprint density at radius 3 is 2.67 bits per heavy atom. The maximum atomic E-state index is 12.1. The smallest absolute Gasteiger partial charge is 0.229 e. The van der Waals surface area contributed by atoms with Gasteiger partial charge in [-0.25, -0.2) is 0 Å². The molecule has 4 heteroatoms. The SMILES string of the molecule is CC(=O)N1CCC[C@H](C(=O)Nc2ccccc2)C1. The number of likely N-dealkylation sites (tertiary alicyclic amines) is 1. The van der Waals surface area contributed by atoms with Crippen molar-refractivity contribution in [2.24, 2.45) is 5.92 Å². The fourth-order valence-corrected chi connectivity index (χ4v) is 2.24. The second-order valence-corrected chi connectivity index (χ2v) is 4.66. The number of amides is 2. The van der Waals surface area contributed by atoms with E-state index in [1.807, 2.05) is 30.3 Å². The Morgan fingerprint density at radius 2 is 2.00 bits per heavy atom. The molecular formula is C14H18N2O2. The lowest BCUT2D eigenvalue weighted by atomic mass is 9.97. The second-order valence-electron chi connectivity index (χ2n) is 4.66. The number of hydrogen-bond acceptors (Lipinski definition) is 2. The van der Waals surface area contributed by atoms with Crippen LogP contribution < -0.4 is 5.32 Å². The van der Waals surface area contributed by atoms with Crippen molar-refractivity contribution in [2.45, 2.75) is 19.8 Å². The summed E-state index contributed by atoms with van der Waals surface area (Å²) < 4.78 is 0. The van der Waals surface area contributed by atoms with Gasteiger partial charge in [-0.2, -0.15) is 0 Å². The molecule has 1 N–H and O–H groups in total. The van der Waals surface area contributed by atoms with Crippen LogP contribution in [-0.2, 0) is 9.59 Å². The number of anilines is 1. The topological polar surface area (TPSA) is 49.4 Å². The summed E-state index contributed by atoms with van der Waals surface area (Å²) in [5.41, 5.74) is 0.808. The van der Waals surface area contributed by atoms with Crippen LogP contribution in [0.25, 0.3) is 0 Å². The van der Waals surface area contributed by atoms with Gasteiger partial charge in [0, 0.05) is 25.7 Å². The predicted molar refractivity (Wildman–Crippen MR) is 70.0 cm³/mol. The highest BCUT2D eigenvalue weighted by Crippen LogP contribution is 2.18. The number of nitrogens with zero attached hydrogens (tertiary/aromatic N) is 1. The number of piperidine rings is 1. The third-order valence-electron chi connectivity index (χ3n) is 3.28. The third kappa shape index (κ3) is 3.09. The quantitative estimate of drug-likeness (QED) is 0.866. The van der Waals surface area contributed by atoms with Crippen molar-refractivity contribution >= 4 is 17.5 Å². The minimum atomic E-state index is -0.0946. The van der Waals surface area contributed by atoms with E-state index in [1.54, 1.807) is 11.8 Å². The van der Waals surface area contributed by atoms with Crippen molar-refractivity contribution < 1.29 is 9.59 Å². The molecule has 0 aromatic heterocycles. The summed E-state index contributed by atoms with van der Waals surface area (Å²) in [7, 11) is 0. The standard InChI is InChI=1S/C14H18N2O2/c1-11(17)16-9-5-6-12(10-16)14(18)15-13-7-3-2-4-8-13/h2-4,7-8,12H,5-6,9-10H2,1H3,(H,15,18)/t12-/m0/s1. The first-order chi connectivity index (χ1) is 8.66. The Bertz CT molecular complexity index is 431. The molecule has 1 aromatic carbocycles. The first kappa shape index (κ1) is 12.6. The normalized spacial score (nSPS) is 19.4. The van der Waals surface area contributed by atoms with Gasteiger partial charge in [0.05, 0.1) is 5.92 Å². The molecular weight excluding hydrogens is 228 g/mol. The van der Waals surface area contributed by atoms with Gasteiger partial charge in [0.15, 0.2) is 0 Å². The molecule has 0 spiro atoms. The number of rotatable bonds is 2. The number of hydrogen-bond donors (Lipinski definition) is 1. The van der Waals surface area contributed by atoms with Crippen molar-refractivity contribution in [2.75, 3.05) is 18.4 Å². The number of carbonyl (C=O) groups is 2. The van der Waals surface area contributed by atoms with Gasteiger partial charge in [0.25, 0.3) is 0 Å². The molecule has 0 unspecified atom stereocenters. The average Bonchev–Trinajstić information content (AvgIpc) is 2.40. The van der Waals surface area contributed by atoms with Crippen LogP contribution in [0, 0.1) is 5.92 Å². The van der Waals surface area contributed by atoms with E-state index in [2.05, 4.69) is 5.32 Å². The minimum absolute atomic E-state index is 0.00662. The van der Waals surface area contributed by atoms with Crippen molar-refractivity contribution in [3.63, 3.8) is 0 Å². The van der Waals surface area contributed by atoms with Crippen molar-refractivity contribution in [1.82, 2.24) is 4.90 Å². The monoisotopic (exact) mass is 246 g/mol. The van der Waals surface area contributed by atoms with Crippen LogP contribution in [0.4, 0.5) is 5.69 Å². The van der Waals surface area contributed by atoms with E-state index in [0.29, 0.717) is 6.54 Å². The van der Waals surface area contributed by atoms with Crippen molar-refractivity contribution in [1.29, 1.82) is 0 Å². The number of para-hydroxylation sites is 1. The molecule has 1 aliphatic heterocycles. The molecule has 1 aromatic rings. The molecule has 1 atom stereocenters. The Kier molecular flexibility index (Phi) is 3.97. The van der Waals surface area contributed by atoms with Gasteiger partial charge in [0.1, 0.15) is 0 Å². The van der Waals surface area contributed by atoms with Gasteiger partial charge in [-0.05, 0) is 25.0 Å². The van der Waals surface area contributed by atoms with Crippen LogP contribution >= 0.6 is 0 Å². The first-order valence-corrected chi connectivity index (χ1v) is 6.28. The number of nitrogens with one attached hydrogen (secondary N) is 1. The highest BCUT2D eigenvalue weighted by atomic mass is 16.2. The highest BCUT2D eigenvalue weighted by molar-refractivity contribution is 5.93. The zero-order chi connectivity index (χ0) is 13.0. The average molecular weight is 246 g/mol. The van der Waals surface area contributed by atoms with Gasteiger partial charge in [-0.15, -0.1) is 0 Å². The Balaban J connectivity index is 1.95. The maximum absolute atomic E-state index is 12.1. The van der Waals surface area contributed by atoms with Gasteiger partial charge >= 0.3 is 0 Å². The third-order valence-corrected chi connectivity index (χ3v) is 3.28. The molecule has 1 saturated heterocycles. The summed E-state index contributed by atoms with van der Waals surface area (Å²) in [6.45, 7) is 2.86. The fraction of sp³-hybridized carbons (Fsp3) is 0.429. The van der Waals surface area contributed by atoms with Crippen LogP contribution in [0.5, 0.6) is 0 Å². The molecule has 96 valence electrons. The summed E-state index contributed by atoms with van der Waals surface area (Å²) in [6.07, 6.45) is 1.74. The minimum Gasteiger partial charge on any atom is -0.342 e. The molecule has 4 nitrogen and oxygen atoms in total. The van der Waals surface area contributed by atoms with Gasteiger partial charge < -0.3 is 10.2 Å². The molecule has 18 heavy (non-hydrogen) atoms. The van der Waals surface area contributed by atoms with Crippen LogP contribution in [-0.4, -0.2) is 29.8 Å². The molecule has 1 fully saturated rings. The Morgan fingerprint density at radius 1 is 1.28 bits per heavy atom. The molecule has 0 bridgehead atoms. The predicted octanol–water partition coefficient (Wildman–Crippen LogP) is 1.88. The number of carbonyl (C=O) groups excluding carboxylic acids is 2. The lowest BCUT2D eigenvalue weighted by Crippen LogP contribution is -2.42. The van der Waals surface area contributed by atoms with E-state index in [4.69, 9.17) is 0 Å². The zero-order valence-electron chi connectivity index (χ0n) is 10.6. The van der Waals surface area contributed by atoms with E-state index >= 15 is 0 Å². The molecule has 0 aliphatic carbocycles. The largest absolute Gasteiger partial charge is 0.342 e. The molecule has 1 heterocycles. The van der Waals surface area contributed by atoms with E-state index in [-0.39, 0.29) is 17.7 Å². The molecule has 0 saturated carbocycles.